The molecule has 3 aromatic rings. The summed E-state index contributed by atoms with van der Waals surface area (Å²) in [4.78, 5) is 24.9. The number of hydrogen-bond donors (Lipinski definition) is 3. The molecule has 41 heavy (non-hydrogen) atoms. The predicted octanol–water partition coefficient (Wildman–Crippen LogP) is 4.05. The van der Waals surface area contributed by atoms with Crippen LogP contribution in [0.2, 0.25) is 0 Å². The number of nitriles is 1. The number of nitrogens with one attached hydrogen (secondary N) is 2. The number of nitrogen functional groups attached to an aromatic ring is 1. The van der Waals surface area contributed by atoms with Crippen LogP contribution in [0.1, 0.15) is 51.3 Å². The smallest absolute Gasteiger partial charge is 0.408 e. The van der Waals surface area contributed by atoms with Crippen LogP contribution in [0.5, 0.6) is 0 Å². The molecule has 3 rings (SSSR count). The quantitative estimate of drug-likeness (QED) is 0.192. The lowest BCUT2D eigenvalue weighted by atomic mass is 10.1. The highest BCUT2D eigenvalue weighted by atomic mass is 31.2. The third-order valence-corrected chi connectivity index (χ3v) is 7.98. The van der Waals surface area contributed by atoms with Crippen molar-refractivity contribution in [3.8, 4) is 6.07 Å². The molecule has 0 aliphatic heterocycles. The van der Waals surface area contributed by atoms with E-state index in [1.165, 1.54) is 38.6 Å². The molecule has 222 valence electrons. The molecule has 12 nitrogen and oxygen atoms in total. The van der Waals surface area contributed by atoms with Gasteiger partial charge in [0.1, 0.15) is 29.8 Å². The lowest BCUT2D eigenvalue weighted by molar-refractivity contribution is -0.153. The SMILES string of the molecule is CCCOC(=O)C(C)(C)NP(=O)(COC(C)Cn1cnc2c(N)ncnc21)N[C@H](c1ccc(C#N)cc1)C(F)(F)F. The molecule has 2 heterocycles. The average molecular weight is 597 g/mol. The van der Waals surface area contributed by atoms with Gasteiger partial charge < -0.3 is 19.8 Å². The van der Waals surface area contributed by atoms with E-state index in [-0.39, 0.29) is 30.1 Å². The number of alkyl halides is 3. The van der Waals surface area contributed by atoms with Crippen molar-refractivity contribution in [2.45, 2.75) is 64.5 Å². The minimum Gasteiger partial charge on any atom is -0.464 e. The molecule has 0 aliphatic rings. The minimum atomic E-state index is -4.89. The van der Waals surface area contributed by atoms with Gasteiger partial charge in [-0.05, 0) is 44.9 Å². The summed E-state index contributed by atoms with van der Waals surface area (Å²) < 4.78 is 69.5. The van der Waals surface area contributed by atoms with Crippen LogP contribution in [0.25, 0.3) is 11.2 Å². The molecule has 0 radical (unpaired) electrons. The Kier molecular flexibility index (Phi) is 10.1. The van der Waals surface area contributed by atoms with Crippen LogP contribution in [0.15, 0.2) is 36.9 Å². The molecule has 0 spiro atoms. The van der Waals surface area contributed by atoms with E-state index in [4.69, 9.17) is 20.5 Å². The summed E-state index contributed by atoms with van der Waals surface area (Å²) in [6, 6.07) is 4.13. The molecule has 4 N–H and O–H groups in total. The second-order valence-corrected chi connectivity index (χ2v) is 12.1. The van der Waals surface area contributed by atoms with Gasteiger partial charge >= 0.3 is 12.1 Å². The van der Waals surface area contributed by atoms with Crippen LogP contribution < -0.4 is 15.9 Å². The summed E-state index contributed by atoms with van der Waals surface area (Å²) in [6.07, 6.45) is -3.04. The summed E-state index contributed by atoms with van der Waals surface area (Å²) in [5, 5.41) is 13.8. The van der Waals surface area contributed by atoms with E-state index in [0.717, 1.165) is 12.1 Å². The van der Waals surface area contributed by atoms with Crippen molar-refractivity contribution in [2.24, 2.45) is 0 Å². The van der Waals surface area contributed by atoms with Crippen molar-refractivity contribution in [1.29, 1.82) is 5.26 Å². The number of ether oxygens (including phenoxy) is 2. The van der Waals surface area contributed by atoms with E-state index in [1.54, 1.807) is 18.4 Å². The largest absolute Gasteiger partial charge is 0.464 e. The first kappa shape index (κ1) is 32.0. The highest BCUT2D eigenvalue weighted by molar-refractivity contribution is 7.59. The fourth-order valence-corrected chi connectivity index (χ4v) is 6.24. The number of nitrogens with zero attached hydrogens (tertiary/aromatic N) is 5. The number of hydrogen-bond acceptors (Lipinski definition) is 9. The van der Waals surface area contributed by atoms with Crippen LogP contribution in [0, 0.1) is 11.3 Å². The van der Waals surface area contributed by atoms with Crippen LogP contribution >= 0.6 is 7.44 Å². The fourth-order valence-electron chi connectivity index (χ4n) is 3.86. The number of halogens is 3. The van der Waals surface area contributed by atoms with Crippen LogP contribution in [-0.4, -0.2) is 56.3 Å². The number of benzene rings is 1. The number of imidazole rings is 1. The van der Waals surface area contributed by atoms with Crippen LogP contribution in [0.4, 0.5) is 19.0 Å². The molecule has 2 unspecified atom stereocenters. The Morgan fingerprint density at radius 1 is 1.22 bits per heavy atom. The van der Waals surface area contributed by atoms with Gasteiger partial charge in [0, 0.05) is 0 Å². The number of fused-ring (bicyclic) bond motifs is 1. The van der Waals surface area contributed by atoms with Gasteiger partial charge in [-0.15, -0.1) is 0 Å². The van der Waals surface area contributed by atoms with Crippen molar-refractivity contribution in [1.82, 2.24) is 29.7 Å². The van der Waals surface area contributed by atoms with E-state index in [0.29, 0.717) is 17.6 Å². The Morgan fingerprint density at radius 2 is 1.90 bits per heavy atom. The molecule has 0 bridgehead atoms. The molecule has 1 aromatic carbocycles. The Morgan fingerprint density at radius 3 is 2.51 bits per heavy atom. The van der Waals surface area contributed by atoms with Gasteiger partial charge in [-0.1, -0.05) is 19.1 Å². The van der Waals surface area contributed by atoms with Gasteiger partial charge in [0.05, 0.1) is 37.2 Å². The second kappa shape index (κ2) is 12.9. The van der Waals surface area contributed by atoms with Crippen molar-refractivity contribution in [3.63, 3.8) is 0 Å². The Hall–Kier alpha value is -3.57. The second-order valence-electron chi connectivity index (χ2n) is 9.88. The molecule has 0 aliphatic carbocycles. The molecular formula is C25H32F3N8O4P. The number of anilines is 1. The van der Waals surface area contributed by atoms with Crippen LogP contribution in [-0.2, 0) is 25.4 Å². The topological polar surface area (TPSA) is 170 Å². The molecule has 2 aromatic heterocycles. The zero-order valence-corrected chi connectivity index (χ0v) is 23.9. The molecule has 0 fully saturated rings. The molecule has 0 saturated carbocycles. The van der Waals surface area contributed by atoms with E-state index in [2.05, 4.69) is 25.1 Å². The number of nitrogens with two attached hydrogens (primary N) is 1. The summed E-state index contributed by atoms with van der Waals surface area (Å²) in [5.74, 6) is -0.614. The van der Waals surface area contributed by atoms with Gasteiger partial charge in [-0.2, -0.15) is 18.4 Å². The summed E-state index contributed by atoms with van der Waals surface area (Å²) in [6.45, 7) is 6.35. The monoisotopic (exact) mass is 596 g/mol. The lowest BCUT2D eigenvalue weighted by Crippen LogP contribution is -2.50. The molecular weight excluding hydrogens is 564 g/mol. The first-order chi connectivity index (χ1) is 19.2. The summed E-state index contributed by atoms with van der Waals surface area (Å²) in [5.41, 5.74) is 4.85. The zero-order chi connectivity index (χ0) is 30.4. The number of rotatable bonds is 13. The number of carbonyl (C=O) groups excluding carboxylic acids is 1. The predicted molar refractivity (Wildman–Crippen MR) is 144 cm³/mol. The Bertz CT molecular complexity index is 1440. The van der Waals surface area contributed by atoms with Crippen molar-refractivity contribution in [3.05, 3.63) is 48.0 Å². The zero-order valence-electron chi connectivity index (χ0n) is 23.0. The Labute approximate surface area is 234 Å². The fraction of sp³-hybridized carbons (Fsp3) is 0.480. The first-order valence-electron chi connectivity index (χ1n) is 12.6. The molecule has 0 amide bonds. The van der Waals surface area contributed by atoms with Crippen LogP contribution in [0.3, 0.4) is 0 Å². The van der Waals surface area contributed by atoms with Gasteiger partial charge in [0.15, 0.2) is 11.5 Å². The van der Waals surface area contributed by atoms with E-state index >= 15 is 0 Å². The highest BCUT2D eigenvalue weighted by Crippen LogP contribution is 2.46. The maximum atomic E-state index is 14.3. The van der Waals surface area contributed by atoms with Gasteiger partial charge in [0.2, 0.25) is 7.44 Å². The number of esters is 1. The highest BCUT2D eigenvalue weighted by Gasteiger charge is 2.47. The maximum absolute atomic E-state index is 14.3. The van der Waals surface area contributed by atoms with E-state index in [1.807, 2.05) is 6.07 Å². The van der Waals surface area contributed by atoms with Gasteiger partial charge in [-0.25, -0.2) is 25.1 Å². The first-order valence-corrected chi connectivity index (χ1v) is 14.5. The minimum absolute atomic E-state index is 0.0819. The van der Waals surface area contributed by atoms with Crippen molar-refractivity contribution < 1.29 is 32.0 Å². The molecule has 16 heteroatoms. The third kappa shape index (κ3) is 8.23. The maximum Gasteiger partial charge on any atom is 0.408 e. The van der Waals surface area contributed by atoms with E-state index in [9.17, 15) is 22.5 Å². The summed E-state index contributed by atoms with van der Waals surface area (Å²) >= 11 is 0. The van der Waals surface area contributed by atoms with Crippen molar-refractivity contribution in [2.75, 3.05) is 18.7 Å². The average Bonchev–Trinajstić information content (AvgIpc) is 3.32. The van der Waals surface area contributed by atoms with E-state index < -0.39 is 43.6 Å². The molecule has 3 atom stereocenters. The van der Waals surface area contributed by atoms with Crippen molar-refractivity contribution >= 4 is 30.4 Å². The number of aromatic nitrogens is 4. The third-order valence-electron chi connectivity index (χ3n) is 5.87. The number of carbonyl (C=O) groups is 1. The lowest BCUT2D eigenvalue weighted by Gasteiger charge is -2.34. The molecule has 0 saturated heterocycles. The Balaban J connectivity index is 1.88. The summed E-state index contributed by atoms with van der Waals surface area (Å²) in [7, 11) is -4.34. The van der Waals surface area contributed by atoms with Gasteiger partial charge in [-0.3, -0.25) is 9.36 Å². The van der Waals surface area contributed by atoms with Gasteiger partial charge in [0.25, 0.3) is 0 Å². The standard InChI is InChI=1S/C25H32F3N8O4P/c1-5-10-39-23(37)24(3,4)35-41(38,34-20(25(26,27)28)18-8-6-17(11-29)7-9-18)15-40-16(2)12-36-14-33-19-21(30)31-13-32-22(19)36/h6-9,13-14,16,20H,5,10,12,15H2,1-4H3,(H2,30,31,32)(H2,34,35,38)/t16?,20-,41?/m1/s1. The normalized spacial score (nSPS) is 15.2.